The number of carboxylic acids is 1. The Morgan fingerprint density at radius 3 is 2.12 bits per heavy atom. The van der Waals surface area contributed by atoms with E-state index in [0.29, 0.717) is 24.2 Å². The predicted octanol–water partition coefficient (Wildman–Crippen LogP) is 2.82. The minimum atomic E-state index is -0.950. The molecule has 0 bridgehead atoms. The molecule has 16 heavy (non-hydrogen) atoms. The van der Waals surface area contributed by atoms with E-state index in [0.717, 1.165) is 12.8 Å². The largest absolute Gasteiger partial charge is 0.480 e. The van der Waals surface area contributed by atoms with Crippen LogP contribution in [0.4, 0.5) is 0 Å². The second kappa shape index (κ2) is 5.37. The van der Waals surface area contributed by atoms with Crippen molar-refractivity contribution in [2.75, 3.05) is 0 Å². The SMILES string of the molecule is CC(C)(C)CC1CCC(N)(C(=O)O)CC1.Cl. The molecule has 1 aliphatic rings. The van der Waals surface area contributed by atoms with E-state index in [1.54, 1.807) is 0 Å². The van der Waals surface area contributed by atoms with Crippen LogP contribution in [0.25, 0.3) is 0 Å². The quantitative estimate of drug-likeness (QED) is 0.791. The first-order chi connectivity index (χ1) is 6.73. The summed E-state index contributed by atoms with van der Waals surface area (Å²) in [6.07, 6.45) is 4.34. The van der Waals surface area contributed by atoms with Gasteiger partial charge in [-0.2, -0.15) is 0 Å². The molecule has 3 N–H and O–H groups in total. The van der Waals surface area contributed by atoms with E-state index in [4.69, 9.17) is 10.8 Å². The van der Waals surface area contributed by atoms with Crippen molar-refractivity contribution in [2.24, 2.45) is 17.1 Å². The van der Waals surface area contributed by atoms with Crippen molar-refractivity contribution in [3.05, 3.63) is 0 Å². The Hall–Kier alpha value is -0.280. The normalized spacial score (nSPS) is 30.6. The molecular formula is C12H24ClNO2. The van der Waals surface area contributed by atoms with Gasteiger partial charge in [0, 0.05) is 0 Å². The Balaban J connectivity index is 0.00000225. The average Bonchev–Trinajstić information content (AvgIpc) is 2.07. The minimum Gasteiger partial charge on any atom is -0.480 e. The van der Waals surface area contributed by atoms with Gasteiger partial charge in [0.2, 0.25) is 0 Å². The highest BCUT2D eigenvalue weighted by Crippen LogP contribution is 2.37. The fourth-order valence-electron chi connectivity index (χ4n) is 2.48. The van der Waals surface area contributed by atoms with Crippen LogP contribution in [-0.2, 0) is 4.79 Å². The van der Waals surface area contributed by atoms with Crippen molar-refractivity contribution in [3.8, 4) is 0 Å². The van der Waals surface area contributed by atoms with Crippen LogP contribution in [0, 0.1) is 11.3 Å². The Labute approximate surface area is 104 Å². The molecule has 0 aromatic carbocycles. The molecule has 4 heteroatoms. The number of halogens is 1. The zero-order valence-electron chi connectivity index (χ0n) is 10.5. The van der Waals surface area contributed by atoms with Crippen molar-refractivity contribution < 1.29 is 9.90 Å². The van der Waals surface area contributed by atoms with Gasteiger partial charge in [-0.15, -0.1) is 12.4 Å². The van der Waals surface area contributed by atoms with E-state index in [-0.39, 0.29) is 12.4 Å². The molecule has 0 aromatic heterocycles. The van der Waals surface area contributed by atoms with E-state index >= 15 is 0 Å². The van der Waals surface area contributed by atoms with Crippen molar-refractivity contribution >= 4 is 18.4 Å². The summed E-state index contributed by atoms with van der Waals surface area (Å²) in [6.45, 7) is 6.69. The van der Waals surface area contributed by atoms with Crippen molar-refractivity contribution in [1.82, 2.24) is 0 Å². The summed E-state index contributed by atoms with van der Waals surface area (Å²) in [7, 11) is 0. The number of rotatable bonds is 2. The maximum absolute atomic E-state index is 10.9. The molecule has 0 aromatic rings. The lowest BCUT2D eigenvalue weighted by molar-refractivity contribution is -0.145. The molecule has 0 spiro atoms. The summed E-state index contributed by atoms with van der Waals surface area (Å²) in [5.74, 6) is -0.183. The van der Waals surface area contributed by atoms with Gasteiger partial charge >= 0.3 is 5.97 Å². The van der Waals surface area contributed by atoms with Crippen molar-refractivity contribution in [3.63, 3.8) is 0 Å². The van der Waals surface area contributed by atoms with Crippen LogP contribution in [-0.4, -0.2) is 16.6 Å². The van der Waals surface area contributed by atoms with Crippen LogP contribution in [0.15, 0.2) is 0 Å². The Morgan fingerprint density at radius 2 is 1.81 bits per heavy atom. The van der Waals surface area contributed by atoms with Crippen LogP contribution in [0.2, 0.25) is 0 Å². The highest BCUT2D eigenvalue weighted by molar-refractivity contribution is 5.85. The zero-order chi connectivity index (χ0) is 11.7. The van der Waals surface area contributed by atoms with Gasteiger partial charge in [-0.25, -0.2) is 0 Å². The molecule has 0 amide bonds. The van der Waals surface area contributed by atoms with Crippen LogP contribution in [0.5, 0.6) is 0 Å². The van der Waals surface area contributed by atoms with Crippen LogP contribution in [0.3, 0.4) is 0 Å². The second-order valence-electron chi connectivity index (χ2n) is 6.17. The minimum absolute atomic E-state index is 0. The topological polar surface area (TPSA) is 63.3 Å². The first-order valence-electron chi connectivity index (χ1n) is 5.75. The van der Waals surface area contributed by atoms with Gasteiger partial charge in [0.15, 0.2) is 0 Å². The van der Waals surface area contributed by atoms with Gasteiger partial charge in [0.05, 0.1) is 0 Å². The van der Waals surface area contributed by atoms with Crippen molar-refractivity contribution in [2.45, 2.75) is 58.4 Å². The van der Waals surface area contributed by atoms with E-state index in [2.05, 4.69) is 20.8 Å². The molecule has 1 fully saturated rings. The number of carboxylic acid groups (broad SMARTS) is 1. The summed E-state index contributed by atoms with van der Waals surface area (Å²) >= 11 is 0. The molecule has 0 radical (unpaired) electrons. The highest BCUT2D eigenvalue weighted by Gasteiger charge is 2.38. The fourth-order valence-corrected chi connectivity index (χ4v) is 2.48. The number of hydrogen-bond donors (Lipinski definition) is 2. The van der Waals surface area contributed by atoms with Gasteiger partial charge in [-0.05, 0) is 43.4 Å². The fraction of sp³-hybridized carbons (Fsp3) is 0.917. The van der Waals surface area contributed by atoms with Crippen LogP contribution >= 0.6 is 12.4 Å². The summed E-state index contributed by atoms with van der Waals surface area (Å²) in [6, 6.07) is 0. The smallest absolute Gasteiger partial charge is 0.323 e. The molecule has 0 heterocycles. The number of hydrogen-bond acceptors (Lipinski definition) is 2. The maximum Gasteiger partial charge on any atom is 0.323 e. The Morgan fingerprint density at radius 1 is 1.38 bits per heavy atom. The van der Waals surface area contributed by atoms with E-state index in [9.17, 15) is 4.79 Å². The van der Waals surface area contributed by atoms with E-state index < -0.39 is 11.5 Å². The van der Waals surface area contributed by atoms with Gasteiger partial charge in [0.1, 0.15) is 5.54 Å². The van der Waals surface area contributed by atoms with Crippen molar-refractivity contribution in [1.29, 1.82) is 0 Å². The Bertz CT molecular complexity index is 240. The lowest BCUT2D eigenvalue weighted by Crippen LogP contribution is -2.50. The third-order valence-electron chi connectivity index (χ3n) is 3.32. The summed E-state index contributed by atoms with van der Waals surface area (Å²) in [5.41, 5.74) is 5.21. The molecule has 96 valence electrons. The molecule has 0 atom stereocenters. The first-order valence-corrected chi connectivity index (χ1v) is 5.75. The zero-order valence-corrected chi connectivity index (χ0v) is 11.3. The molecule has 0 unspecified atom stereocenters. The lowest BCUT2D eigenvalue weighted by Gasteiger charge is -2.36. The Kier molecular flexibility index (Phi) is 5.27. The predicted molar refractivity (Wildman–Crippen MR) is 67.8 cm³/mol. The van der Waals surface area contributed by atoms with E-state index in [1.165, 1.54) is 6.42 Å². The molecule has 1 rings (SSSR count). The number of aliphatic carboxylic acids is 1. The van der Waals surface area contributed by atoms with Gasteiger partial charge in [-0.1, -0.05) is 20.8 Å². The number of nitrogens with two attached hydrogens (primary N) is 1. The standard InChI is InChI=1S/C12H23NO2.ClH/c1-11(2,3)8-9-4-6-12(13,7-5-9)10(14)15;/h9H,4-8,13H2,1-3H3,(H,14,15);1H. The lowest BCUT2D eigenvalue weighted by atomic mass is 9.72. The third kappa shape index (κ3) is 4.30. The molecule has 0 saturated heterocycles. The first kappa shape index (κ1) is 15.7. The molecular weight excluding hydrogens is 226 g/mol. The summed E-state index contributed by atoms with van der Waals surface area (Å²) < 4.78 is 0. The van der Waals surface area contributed by atoms with Crippen LogP contribution in [0.1, 0.15) is 52.9 Å². The molecule has 1 saturated carbocycles. The summed E-state index contributed by atoms with van der Waals surface area (Å²) in [4.78, 5) is 10.9. The van der Waals surface area contributed by atoms with E-state index in [1.807, 2.05) is 0 Å². The monoisotopic (exact) mass is 249 g/mol. The van der Waals surface area contributed by atoms with Gasteiger partial charge in [0.25, 0.3) is 0 Å². The molecule has 1 aliphatic carbocycles. The molecule has 0 aliphatic heterocycles. The maximum atomic E-state index is 10.9. The summed E-state index contributed by atoms with van der Waals surface area (Å²) in [5, 5.41) is 8.99. The molecule has 3 nitrogen and oxygen atoms in total. The van der Waals surface area contributed by atoms with Gasteiger partial charge < -0.3 is 10.8 Å². The van der Waals surface area contributed by atoms with Crippen LogP contribution < -0.4 is 5.73 Å². The second-order valence-corrected chi connectivity index (χ2v) is 6.17. The number of carbonyl (C=O) groups is 1. The highest BCUT2D eigenvalue weighted by atomic mass is 35.5. The third-order valence-corrected chi connectivity index (χ3v) is 3.32. The van der Waals surface area contributed by atoms with Gasteiger partial charge in [-0.3, -0.25) is 4.79 Å². The average molecular weight is 250 g/mol.